The second-order valence-electron chi connectivity index (χ2n) is 8.01. The van der Waals surface area contributed by atoms with Crippen molar-refractivity contribution < 1.29 is 0 Å². The molecule has 116 valence electrons. The predicted octanol–water partition coefficient (Wildman–Crippen LogP) is 5.66. The average Bonchev–Trinajstić information content (AvgIpc) is 3.24. The minimum Gasteiger partial charge on any atom is -0.360 e. The normalized spacial score (nSPS) is 21.8. The van der Waals surface area contributed by atoms with E-state index in [4.69, 9.17) is 0 Å². The van der Waals surface area contributed by atoms with Gasteiger partial charge >= 0.3 is 0 Å². The molecule has 1 aliphatic heterocycles. The van der Waals surface area contributed by atoms with Gasteiger partial charge in [-0.1, -0.05) is 82.4 Å². The van der Waals surface area contributed by atoms with Crippen LogP contribution in [0.3, 0.4) is 0 Å². The van der Waals surface area contributed by atoms with E-state index >= 15 is 0 Å². The predicted molar refractivity (Wildman–Crippen MR) is 99.1 cm³/mol. The summed E-state index contributed by atoms with van der Waals surface area (Å²) in [5.41, 5.74) is 3.50. The molecule has 1 nitrogen and oxygen atoms in total. The number of para-hydroxylation sites is 1. The Morgan fingerprint density at radius 2 is 1.32 bits per heavy atom. The summed E-state index contributed by atoms with van der Waals surface area (Å²) in [7, 11) is -1.44. The maximum absolute atomic E-state index is 2.65. The molecule has 0 aromatic heterocycles. The number of hydrogen-bond donors (Lipinski definition) is 0. The molecule has 2 heteroatoms. The molecule has 0 N–H and O–H groups in total. The van der Waals surface area contributed by atoms with Crippen LogP contribution >= 0.6 is 0 Å². The second kappa shape index (κ2) is 5.27. The van der Waals surface area contributed by atoms with Crippen LogP contribution in [0.5, 0.6) is 0 Å². The Kier molecular flexibility index (Phi) is 3.68. The van der Waals surface area contributed by atoms with E-state index in [0.29, 0.717) is 16.7 Å². The highest BCUT2D eigenvalue weighted by Gasteiger charge is 2.60. The number of nitrogens with zero attached hydrogens (tertiary/aromatic N) is 1. The first kappa shape index (κ1) is 15.4. The summed E-state index contributed by atoms with van der Waals surface area (Å²) in [6.45, 7) is 12.4. The molecule has 2 aromatic rings. The van der Waals surface area contributed by atoms with Crippen molar-refractivity contribution in [2.75, 3.05) is 4.90 Å². The van der Waals surface area contributed by atoms with E-state index in [1.54, 1.807) is 0 Å². The van der Waals surface area contributed by atoms with Gasteiger partial charge in [0, 0.05) is 11.4 Å². The maximum Gasteiger partial charge on any atom is 0.0819 e. The molecule has 0 amide bonds. The largest absolute Gasteiger partial charge is 0.360 e. The van der Waals surface area contributed by atoms with E-state index in [1.165, 1.54) is 11.3 Å². The summed E-state index contributed by atoms with van der Waals surface area (Å²) in [6, 6.07) is 22.5. The minimum absolute atomic E-state index is 0.397. The molecule has 22 heavy (non-hydrogen) atoms. The maximum atomic E-state index is 2.65. The molecule has 0 aliphatic carbocycles. The zero-order chi connectivity index (χ0) is 16.0. The highest BCUT2D eigenvalue weighted by molar-refractivity contribution is 6.83. The van der Waals surface area contributed by atoms with Crippen molar-refractivity contribution in [3.8, 4) is 0 Å². The van der Waals surface area contributed by atoms with Gasteiger partial charge in [0.05, 0.1) is 14.1 Å². The SMILES string of the molecule is CC(C)(C)[Si](C)(C)[C@H]1[C@@H](c2ccccc2)N1c1ccccc1. The Labute approximate surface area is 136 Å². The molecule has 1 aliphatic rings. The number of benzene rings is 2. The third-order valence-electron chi connectivity index (χ3n) is 5.68. The van der Waals surface area contributed by atoms with Crippen LogP contribution in [0.2, 0.25) is 18.1 Å². The van der Waals surface area contributed by atoms with Crippen LogP contribution in [-0.4, -0.2) is 13.7 Å². The Hall–Kier alpha value is -1.54. The fourth-order valence-corrected chi connectivity index (χ4v) is 6.28. The van der Waals surface area contributed by atoms with Gasteiger partial charge in [-0.3, -0.25) is 0 Å². The highest BCUT2D eigenvalue weighted by atomic mass is 28.3. The first-order chi connectivity index (χ1) is 10.3. The number of anilines is 1. The minimum atomic E-state index is -1.44. The van der Waals surface area contributed by atoms with Crippen LogP contribution in [0.1, 0.15) is 32.4 Å². The Bertz CT molecular complexity index is 582. The second-order valence-corrected chi connectivity index (χ2v) is 13.5. The first-order valence-corrected chi connectivity index (χ1v) is 11.3. The molecule has 2 atom stereocenters. The van der Waals surface area contributed by atoms with E-state index in [-0.39, 0.29) is 0 Å². The Morgan fingerprint density at radius 3 is 1.82 bits per heavy atom. The quantitative estimate of drug-likeness (QED) is 0.522. The zero-order valence-electron chi connectivity index (χ0n) is 14.4. The molecular weight excluding hydrogens is 282 g/mol. The van der Waals surface area contributed by atoms with Crippen LogP contribution in [0.15, 0.2) is 60.7 Å². The van der Waals surface area contributed by atoms with Crippen molar-refractivity contribution in [1.82, 2.24) is 0 Å². The van der Waals surface area contributed by atoms with Crippen molar-refractivity contribution in [2.24, 2.45) is 0 Å². The van der Waals surface area contributed by atoms with E-state index in [9.17, 15) is 0 Å². The van der Waals surface area contributed by atoms with Crippen molar-refractivity contribution in [1.29, 1.82) is 0 Å². The van der Waals surface area contributed by atoms with Gasteiger partial charge in [0.2, 0.25) is 0 Å². The van der Waals surface area contributed by atoms with Crippen LogP contribution < -0.4 is 4.90 Å². The molecule has 3 rings (SSSR count). The monoisotopic (exact) mass is 309 g/mol. The lowest BCUT2D eigenvalue weighted by molar-refractivity contribution is 0.711. The average molecular weight is 310 g/mol. The van der Waals surface area contributed by atoms with Crippen molar-refractivity contribution in [3.63, 3.8) is 0 Å². The number of rotatable bonds is 3. The van der Waals surface area contributed by atoms with Gasteiger partial charge in [-0.05, 0) is 22.7 Å². The third-order valence-corrected chi connectivity index (χ3v) is 11.6. The van der Waals surface area contributed by atoms with E-state index in [0.717, 1.165) is 0 Å². The Balaban J connectivity index is 2.00. The summed E-state index contributed by atoms with van der Waals surface area (Å²) < 4.78 is 0. The Morgan fingerprint density at radius 1 is 0.818 bits per heavy atom. The molecule has 1 heterocycles. The van der Waals surface area contributed by atoms with Gasteiger partial charge in [-0.25, -0.2) is 0 Å². The van der Waals surface area contributed by atoms with E-state index in [1.807, 2.05) is 0 Å². The number of hydrogen-bond acceptors (Lipinski definition) is 1. The van der Waals surface area contributed by atoms with Gasteiger partial charge < -0.3 is 4.90 Å². The topological polar surface area (TPSA) is 3.01 Å². The molecule has 0 unspecified atom stereocenters. The summed E-state index contributed by atoms with van der Waals surface area (Å²) >= 11 is 0. The van der Waals surface area contributed by atoms with Crippen LogP contribution in [0.4, 0.5) is 5.69 Å². The summed E-state index contributed by atoms with van der Waals surface area (Å²) in [6.07, 6.45) is 0. The highest BCUT2D eigenvalue weighted by Crippen LogP contribution is 2.56. The van der Waals surface area contributed by atoms with E-state index < -0.39 is 8.07 Å². The zero-order valence-corrected chi connectivity index (χ0v) is 15.4. The molecular formula is C20H27NSi. The van der Waals surface area contributed by atoms with Crippen molar-refractivity contribution in [3.05, 3.63) is 66.2 Å². The lowest BCUT2D eigenvalue weighted by Crippen LogP contribution is -2.45. The third kappa shape index (κ3) is 2.50. The molecule has 0 saturated carbocycles. The summed E-state index contributed by atoms with van der Waals surface area (Å²) in [5.74, 6) is 0. The molecule has 1 fully saturated rings. The van der Waals surface area contributed by atoms with Crippen molar-refractivity contribution in [2.45, 2.75) is 50.6 Å². The van der Waals surface area contributed by atoms with Crippen molar-refractivity contribution >= 4 is 13.8 Å². The van der Waals surface area contributed by atoms with Crippen LogP contribution in [0.25, 0.3) is 0 Å². The van der Waals surface area contributed by atoms with Gasteiger partial charge in [-0.15, -0.1) is 0 Å². The molecule has 2 aromatic carbocycles. The van der Waals surface area contributed by atoms with Crippen LogP contribution in [-0.2, 0) is 0 Å². The molecule has 1 saturated heterocycles. The lowest BCUT2D eigenvalue weighted by atomic mass is 10.1. The molecule has 0 bridgehead atoms. The fraction of sp³-hybridized carbons (Fsp3) is 0.400. The lowest BCUT2D eigenvalue weighted by Gasteiger charge is -2.37. The summed E-state index contributed by atoms with van der Waals surface area (Å²) in [4.78, 5) is 2.65. The molecule has 0 radical (unpaired) electrons. The van der Waals surface area contributed by atoms with Gasteiger partial charge in [-0.2, -0.15) is 0 Å². The first-order valence-electron chi connectivity index (χ1n) is 8.22. The van der Waals surface area contributed by atoms with Gasteiger partial charge in [0.25, 0.3) is 0 Å². The molecule has 0 spiro atoms. The van der Waals surface area contributed by atoms with Gasteiger partial charge in [0.15, 0.2) is 0 Å². The summed E-state index contributed by atoms with van der Waals surface area (Å²) in [5, 5.41) is 0.397. The fourth-order valence-electron chi connectivity index (χ4n) is 3.33. The van der Waals surface area contributed by atoms with Crippen LogP contribution in [0, 0.1) is 0 Å². The standard InChI is InChI=1S/C20H27NSi/c1-20(2,3)22(4,5)19-18(16-12-8-6-9-13-16)21(19)17-14-10-7-11-15-17/h6-15,18-19H,1-5H3/t18-,19+,21?/m1/s1. The van der Waals surface area contributed by atoms with E-state index in [2.05, 4.69) is 99.4 Å². The smallest absolute Gasteiger partial charge is 0.0819 e. The van der Waals surface area contributed by atoms with Gasteiger partial charge in [0.1, 0.15) is 0 Å².